The molecule has 1 aromatic heterocycles. The van der Waals surface area contributed by atoms with E-state index in [9.17, 15) is 31.9 Å². The molecule has 0 aliphatic carbocycles. The van der Waals surface area contributed by atoms with Crippen LogP contribution in [0, 0.1) is 5.82 Å². The fourth-order valence-electron chi connectivity index (χ4n) is 3.75. The predicted octanol–water partition coefficient (Wildman–Crippen LogP) is 4.64. The molecule has 1 fully saturated rings. The summed E-state index contributed by atoms with van der Waals surface area (Å²) in [6, 6.07) is 12.0. The van der Waals surface area contributed by atoms with Crippen LogP contribution in [0.2, 0.25) is 0 Å². The summed E-state index contributed by atoms with van der Waals surface area (Å²) in [4.78, 5) is 44.4. The zero-order valence-electron chi connectivity index (χ0n) is 18.8. The summed E-state index contributed by atoms with van der Waals surface area (Å²) in [6.07, 6.45) is -3.17. The van der Waals surface area contributed by atoms with Crippen LogP contribution in [0.3, 0.4) is 0 Å². The highest BCUT2D eigenvalue weighted by molar-refractivity contribution is 6.09. The Kier molecular flexibility index (Phi) is 7.00. The molecular weight excluding hydrogens is 480 g/mol. The minimum Gasteiger partial charge on any atom is -0.348 e. The average molecular weight is 500 g/mol. The number of hydrogen-bond donors (Lipinski definition) is 1. The van der Waals surface area contributed by atoms with Crippen LogP contribution in [-0.4, -0.2) is 40.8 Å². The number of anilines is 1. The molecule has 0 saturated carbocycles. The first-order valence-corrected chi connectivity index (χ1v) is 10.9. The van der Waals surface area contributed by atoms with E-state index in [-0.39, 0.29) is 36.8 Å². The number of nitrogens with zero attached hydrogens (tertiary/aromatic N) is 3. The molecule has 186 valence electrons. The Morgan fingerprint density at radius 1 is 0.972 bits per heavy atom. The van der Waals surface area contributed by atoms with E-state index in [0.29, 0.717) is 12.0 Å². The first-order chi connectivity index (χ1) is 17.1. The van der Waals surface area contributed by atoms with Gasteiger partial charge in [0.05, 0.1) is 16.7 Å². The fraction of sp³-hybridized carbons (Fsp3) is 0.200. The number of urea groups is 1. The van der Waals surface area contributed by atoms with Gasteiger partial charge in [-0.15, -0.1) is 0 Å². The summed E-state index contributed by atoms with van der Waals surface area (Å²) < 4.78 is 53.1. The van der Waals surface area contributed by atoms with Crippen molar-refractivity contribution in [2.45, 2.75) is 19.1 Å². The highest BCUT2D eigenvalue weighted by atomic mass is 19.4. The van der Waals surface area contributed by atoms with Gasteiger partial charge in [-0.2, -0.15) is 13.2 Å². The van der Waals surface area contributed by atoms with Crippen LogP contribution in [0.5, 0.6) is 0 Å². The van der Waals surface area contributed by atoms with Crippen LogP contribution >= 0.6 is 0 Å². The molecule has 4 rings (SSSR count). The quantitative estimate of drug-likeness (QED) is 0.518. The molecule has 7 nitrogen and oxygen atoms in total. The van der Waals surface area contributed by atoms with Crippen molar-refractivity contribution in [2.24, 2.45) is 0 Å². The van der Waals surface area contributed by atoms with Crippen LogP contribution in [0.25, 0.3) is 0 Å². The summed E-state index contributed by atoms with van der Waals surface area (Å²) in [7, 11) is 0. The molecule has 1 saturated heterocycles. The Bertz CT molecular complexity index is 1280. The number of carbonyl (C=O) groups excluding carboxylic acids is 3. The fourth-order valence-corrected chi connectivity index (χ4v) is 3.75. The number of nitrogens with one attached hydrogen (secondary N) is 1. The Morgan fingerprint density at radius 3 is 2.36 bits per heavy atom. The monoisotopic (exact) mass is 500 g/mol. The van der Waals surface area contributed by atoms with Gasteiger partial charge in [0.2, 0.25) is 0 Å². The summed E-state index contributed by atoms with van der Waals surface area (Å²) in [5.41, 5.74) is -0.821. The normalized spacial score (nSPS) is 14.1. The number of rotatable bonds is 5. The third-order valence-corrected chi connectivity index (χ3v) is 5.59. The minimum atomic E-state index is -4.75. The van der Waals surface area contributed by atoms with E-state index in [1.807, 2.05) is 0 Å². The van der Waals surface area contributed by atoms with Crippen molar-refractivity contribution in [1.29, 1.82) is 0 Å². The first-order valence-electron chi connectivity index (χ1n) is 10.9. The number of benzene rings is 2. The van der Waals surface area contributed by atoms with Gasteiger partial charge in [0, 0.05) is 25.8 Å². The molecule has 2 aromatic carbocycles. The maximum Gasteiger partial charge on any atom is 0.417 e. The highest BCUT2D eigenvalue weighted by Gasteiger charge is 2.39. The number of alkyl halides is 3. The van der Waals surface area contributed by atoms with Crippen LogP contribution in [0.1, 0.15) is 38.3 Å². The van der Waals surface area contributed by atoms with E-state index in [0.717, 1.165) is 17.0 Å². The minimum absolute atomic E-state index is 0.0375. The molecule has 1 aliphatic heterocycles. The highest BCUT2D eigenvalue weighted by Crippen LogP contribution is 2.33. The maximum absolute atomic E-state index is 13.4. The molecule has 0 radical (unpaired) electrons. The first kappa shape index (κ1) is 24.8. The molecule has 0 unspecified atom stereocenters. The van der Waals surface area contributed by atoms with Crippen molar-refractivity contribution < 1.29 is 31.9 Å². The van der Waals surface area contributed by atoms with E-state index in [4.69, 9.17) is 0 Å². The number of imide groups is 1. The lowest BCUT2D eigenvalue weighted by Crippen LogP contribution is -2.52. The number of pyridine rings is 1. The average Bonchev–Trinajstić information content (AvgIpc) is 2.87. The summed E-state index contributed by atoms with van der Waals surface area (Å²) in [5, 5.41) is 2.67. The second-order valence-electron chi connectivity index (χ2n) is 8.00. The van der Waals surface area contributed by atoms with Gasteiger partial charge in [0.1, 0.15) is 11.6 Å². The molecule has 11 heteroatoms. The number of carbonyl (C=O) groups is 3. The van der Waals surface area contributed by atoms with Gasteiger partial charge >= 0.3 is 12.2 Å². The number of halogens is 4. The molecule has 1 aliphatic rings. The lowest BCUT2D eigenvalue weighted by atomic mass is 10.1. The molecule has 1 N–H and O–H groups in total. The van der Waals surface area contributed by atoms with Crippen molar-refractivity contribution in [3.8, 4) is 0 Å². The molecular formula is C25H20F4N4O3. The van der Waals surface area contributed by atoms with Crippen LogP contribution in [0.4, 0.5) is 28.2 Å². The Balaban J connectivity index is 1.46. The number of aromatic nitrogens is 1. The SMILES string of the molecule is O=C(NCc1ccc(F)cc1)c1ccc(N2CCCN(C(=O)c3ccccc3C(F)(F)F)C2=O)nc1. The van der Waals surface area contributed by atoms with Gasteiger partial charge in [-0.3, -0.25) is 19.4 Å². The number of amides is 4. The standard InChI is InChI=1S/C25H20F4N4O3/c26-18-9-6-16(7-10-18)14-31-22(34)17-8-11-21(30-15-17)32-12-3-13-33(24(32)36)23(35)19-4-1-2-5-20(19)25(27,28)29/h1-2,4-11,15H,3,12-14H2,(H,31,34). The van der Waals surface area contributed by atoms with Gasteiger partial charge in [-0.1, -0.05) is 24.3 Å². The second-order valence-corrected chi connectivity index (χ2v) is 8.00. The van der Waals surface area contributed by atoms with Gasteiger partial charge < -0.3 is 5.32 Å². The van der Waals surface area contributed by atoms with E-state index >= 15 is 0 Å². The smallest absolute Gasteiger partial charge is 0.348 e. The molecule has 3 aromatic rings. The van der Waals surface area contributed by atoms with Crippen LogP contribution in [-0.2, 0) is 12.7 Å². The van der Waals surface area contributed by atoms with Gasteiger partial charge in [-0.05, 0) is 48.4 Å². The van der Waals surface area contributed by atoms with Crippen molar-refractivity contribution in [1.82, 2.24) is 15.2 Å². The van der Waals surface area contributed by atoms with E-state index in [2.05, 4.69) is 10.3 Å². The van der Waals surface area contributed by atoms with Gasteiger partial charge in [0.25, 0.3) is 11.8 Å². The van der Waals surface area contributed by atoms with Crippen LogP contribution < -0.4 is 10.2 Å². The summed E-state index contributed by atoms with van der Waals surface area (Å²) in [5.74, 6) is -1.73. The molecule has 0 bridgehead atoms. The molecule has 0 spiro atoms. The molecule has 0 atom stereocenters. The molecule has 2 heterocycles. The van der Waals surface area contributed by atoms with Gasteiger partial charge in [-0.25, -0.2) is 14.2 Å². The van der Waals surface area contributed by atoms with Gasteiger partial charge in [0.15, 0.2) is 0 Å². The Labute approximate surface area is 203 Å². The molecule has 36 heavy (non-hydrogen) atoms. The van der Waals surface area contributed by atoms with E-state index < -0.39 is 35.1 Å². The van der Waals surface area contributed by atoms with Crippen molar-refractivity contribution in [3.05, 3.63) is 94.9 Å². The third kappa shape index (κ3) is 5.35. The lowest BCUT2D eigenvalue weighted by molar-refractivity contribution is -0.138. The van der Waals surface area contributed by atoms with E-state index in [1.54, 1.807) is 12.1 Å². The Morgan fingerprint density at radius 2 is 1.69 bits per heavy atom. The Hall–Kier alpha value is -4.28. The maximum atomic E-state index is 13.4. The zero-order chi connectivity index (χ0) is 25.9. The zero-order valence-corrected chi connectivity index (χ0v) is 18.8. The summed E-state index contributed by atoms with van der Waals surface area (Å²) in [6.45, 7) is 0.332. The number of hydrogen-bond acceptors (Lipinski definition) is 4. The van der Waals surface area contributed by atoms with Crippen molar-refractivity contribution in [3.63, 3.8) is 0 Å². The van der Waals surface area contributed by atoms with E-state index in [1.165, 1.54) is 47.5 Å². The third-order valence-electron chi connectivity index (χ3n) is 5.59. The topological polar surface area (TPSA) is 82.6 Å². The second kappa shape index (κ2) is 10.1. The molecule has 4 amide bonds. The summed E-state index contributed by atoms with van der Waals surface area (Å²) >= 11 is 0. The predicted molar refractivity (Wildman–Crippen MR) is 122 cm³/mol. The lowest BCUT2D eigenvalue weighted by Gasteiger charge is -2.34. The van der Waals surface area contributed by atoms with Crippen molar-refractivity contribution in [2.75, 3.05) is 18.0 Å². The van der Waals surface area contributed by atoms with Crippen LogP contribution in [0.15, 0.2) is 66.9 Å². The van der Waals surface area contributed by atoms with Crippen molar-refractivity contribution >= 4 is 23.7 Å². The largest absolute Gasteiger partial charge is 0.417 e.